The lowest BCUT2D eigenvalue weighted by molar-refractivity contribution is -0.384. The van der Waals surface area contributed by atoms with Crippen molar-refractivity contribution in [3.05, 3.63) is 61.8 Å². The van der Waals surface area contributed by atoms with Gasteiger partial charge in [0.15, 0.2) is 0 Å². The second kappa shape index (κ2) is 4.79. The van der Waals surface area contributed by atoms with Crippen LogP contribution in [0.3, 0.4) is 0 Å². The van der Waals surface area contributed by atoms with Gasteiger partial charge in [-0.1, -0.05) is 11.6 Å². The van der Waals surface area contributed by atoms with Gasteiger partial charge < -0.3 is 0 Å². The topological polar surface area (TPSA) is 70.1 Å². The molecule has 0 N–H and O–H groups in total. The second-order valence-corrected chi connectivity index (χ2v) is 5.29. The molecule has 3 rings (SSSR count). The van der Waals surface area contributed by atoms with E-state index in [0.29, 0.717) is 23.2 Å². The highest BCUT2D eigenvalue weighted by atomic mass is 35.5. The first-order valence-electron chi connectivity index (χ1n) is 6.26. The van der Waals surface area contributed by atoms with Crippen molar-refractivity contribution in [2.24, 2.45) is 0 Å². The fourth-order valence-electron chi connectivity index (χ4n) is 2.14. The van der Waals surface area contributed by atoms with Crippen LogP contribution in [0.5, 0.6) is 0 Å². The molecule has 1 saturated carbocycles. The maximum absolute atomic E-state index is 12.1. The minimum Gasteiger partial charge on any atom is -0.296 e. The van der Waals surface area contributed by atoms with Crippen molar-refractivity contribution in [3.8, 4) is 0 Å². The minimum atomic E-state index is -0.495. The molecule has 1 heterocycles. The van der Waals surface area contributed by atoms with Crippen LogP contribution in [-0.2, 0) is 6.54 Å². The van der Waals surface area contributed by atoms with E-state index < -0.39 is 4.92 Å². The molecule has 0 bridgehead atoms. The Kier molecular flexibility index (Phi) is 3.10. The third-order valence-corrected chi connectivity index (χ3v) is 3.75. The van der Waals surface area contributed by atoms with Crippen LogP contribution in [0.1, 0.15) is 24.4 Å². The molecular formula is C13H12ClN3O3. The number of non-ortho nitro benzene ring substituents is 1. The van der Waals surface area contributed by atoms with Gasteiger partial charge in [0.2, 0.25) is 0 Å². The number of halogens is 1. The average molecular weight is 294 g/mol. The maximum Gasteiger partial charge on any atom is 0.328 e. The van der Waals surface area contributed by atoms with E-state index in [4.69, 9.17) is 11.6 Å². The van der Waals surface area contributed by atoms with Gasteiger partial charge in [0.25, 0.3) is 5.69 Å². The van der Waals surface area contributed by atoms with Crippen LogP contribution in [0, 0.1) is 10.1 Å². The highest BCUT2D eigenvalue weighted by Gasteiger charge is 2.25. The molecule has 0 spiro atoms. The van der Waals surface area contributed by atoms with Gasteiger partial charge in [-0.15, -0.1) is 0 Å². The number of hydrogen-bond acceptors (Lipinski definition) is 3. The normalized spacial score (nSPS) is 14.4. The molecular weight excluding hydrogens is 282 g/mol. The molecule has 6 nitrogen and oxygen atoms in total. The van der Waals surface area contributed by atoms with Crippen molar-refractivity contribution >= 4 is 17.3 Å². The second-order valence-electron chi connectivity index (χ2n) is 4.88. The Labute approximate surface area is 119 Å². The van der Waals surface area contributed by atoms with Crippen LogP contribution < -0.4 is 5.69 Å². The maximum atomic E-state index is 12.1. The lowest BCUT2D eigenvalue weighted by Gasteiger charge is -2.04. The van der Waals surface area contributed by atoms with Crippen LogP contribution in [0.2, 0.25) is 5.02 Å². The molecule has 2 aromatic rings. The quantitative estimate of drug-likeness (QED) is 0.642. The summed E-state index contributed by atoms with van der Waals surface area (Å²) in [7, 11) is 0. The highest BCUT2D eigenvalue weighted by molar-refractivity contribution is 6.31. The van der Waals surface area contributed by atoms with Crippen molar-refractivity contribution in [2.45, 2.75) is 25.4 Å². The first-order chi connectivity index (χ1) is 9.56. The smallest absolute Gasteiger partial charge is 0.296 e. The lowest BCUT2D eigenvalue weighted by atomic mass is 10.2. The van der Waals surface area contributed by atoms with E-state index >= 15 is 0 Å². The van der Waals surface area contributed by atoms with E-state index in [9.17, 15) is 14.9 Å². The van der Waals surface area contributed by atoms with Gasteiger partial charge in [0.05, 0.1) is 16.5 Å². The van der Waals surface area contributed by atoms with E-state index in [1.54, 1.807) is 27.6 Å². The van der Waals surface area contributed by atoms with Crippen LogP contribution in [0.4, 0.5) is 5.69 Å². The van der Waals surface area contributed by atoms with Crippen molar-refractivity contribution in [1.82, 2.24) is 9.13 Å². The molecule has 1 aromatic carbocycles. The van der Waals surface area contributed by atoms with Crippen LogP contribution in [0.15, 0.2) is 35.4 Å². The van der Waals surface area contributed by atoms with Gasteiger partial charge in [-0.3, -0.25) is 19.2 Å². The highest BCUT2D eigenvalue weighted by Crippen LogP contribution is 2.33. The molecule has 0 saturated heterocycles. The summed E-state index contributed by atoms with van der Waals surface area (Å²) >= 11 is 6.03. The molecule has 7 heteroatoms. The number of nitro groups is 1. The van der Waals surface area contributed by atoms with Crippen molar-refractivity contribution < 1.29 is 4.92 Å². The summed E-state index contributed by atoms with van der Waals surface area (Å²) in [5.41, 5.74) is 0.566. The summed E-state index contributed by atoms with van der Waals surface area (Å²) in [6.45, 7) is 0.315. The van der Waals surface area contributed by atoms with Crippen molar-refractivity contribution in [1.29, 1.82) is 0 Å². The largest absolute Gasteiger partial charge is 0.328 e. The molecule has 0 unspecified atom stereocenters. The van der Waals surface area contributed by atoms with E-state index in [2.05, 4.69) is 0 Å². The Morgan fingerprint density at radius 3 is 2.70 bits per heavy atom. The summed E-state index contributed by atoms with van der Waals surface area (Å²) in [6, 6.07) is 4.61. The van der Waals surface area contributed by atoms with E-state index in [1.165, 1.54) is 12.1 Å². The molecule has 1 aliphatic rings. The van der Waals surface area contributed by atoms with Crippen LogP contribution in [-0.4, -0.2) is 14.1 Å². The molecule has 20 heavy (non-hydrogen) atoms. The Bertz CT molecular complexity index is 731. The summed E-state index contributed by atoms with van der Waals surface area (Å²) in [5, 5.41) is 10.9. The summed E-state index contributed by atoms with van der Waals surface area (Å²) in [5.74, 6) is 0. The minimum absolute atomic E-state index is 0.0540. The van der Waals surface area contributed by atoms with Crippen LogP contribution >= 0.6 is 11.6 Å². The monoisotopic (exact) mass is 293 g/mol. The third-order valence-electron chi connectivity index (χ3n) is 3.40. The van der Waals surface area contributed by atoms with Crippen molar-refractivity contribution in [2.75, 3.05) is 0 Å². The summed E-state index contributed by atoms with van der Waals surface area (Å²) in [4.78, 5) is 22.3. The molecule has 104 valence electrons. The SMILES string of the molecule is O=c1n(Cc2ccc([N+](=O)[O-])cc2Cl)ccn1C1CC1. The number of imidazole rings is 1. The van der Waals surface area contributed by atoms with E-state index in [0.717, 1.165) is 12.8 Å². The predicted molar refractivity (Wildman–Crippen MR) is 74.2 cm³/mol. The predicted octanol–water partition coefficient (Wildman–Crippen LogP) is 2.59. The van der Waals surface area contributed by atoms with Gasteiger partial charge in [-0.05, 0) is 24.5 Å². The number of hydrogen-bond donors (Lipinski definition) is 0. The van der Waals surface area contributed by atoms with Crippen molar-refractivity contribution in [3.63, 3.8) is 0 Å². The zero-order valence-electron chi connectivity index (χ0n) is 10.5. The zero-order chi connectivity index (χ0) is 14.3. The number of rotatable bonds is 4. The molecule has 1 fully saturated rings. The molecule has 0 atom stereocenters. The molecule has 0 amide bonds. The van der Waals surface area contributed by atoms with Crippen LogP contribution in [0.25, 0.3) is 0 Å². The average Bonchev–Trinajstić information content (AvgIpc) is 3.18. The van der Waals surface area contributed by atoms with Gasteiger partial charge in [0.1, 0.15) is 0 Å². The molecule has 1 aliphatic carbocycles. The third kappa shape index (κ3) is 2.34. The molecule has 1 aromatic heterocycles. The lowest BCUT2D eigenvalue weighted by Crippen LogP contribution is -2.23. The molecule has 0 aliphatic heterocycles. The standard InChI is InChI=1S/C13H12ClN3O3/c14-12-7-11(17(19)20)2-1-9(12)8-15-5-6-16(13(15)18)10-3-4-10/h1-2,5-7,10H,3-4,8H2. The zero-order valence-corrected chi connectivity index (χ0v) is 11.3. The Balaban J connectivity index is 1.87. The van der Waals surface area contributed by atoms with E-state index in [-0.39, 0.29) is 11.4 Å². The first-order valence-corrected chi connectivity index (χ1v) is 6.64. The van der Waals surface area contributed by atoms with Gasteiger partial charge >= 0.3 is 5.69 Å². The Morgan fingerprint density at radius 1 is 1.35 bits per heavy atom. The summed E-state index contributed by atoms with van der Waals surface area (Å²) in [6.07, 6.45) is 5.59. The Morgan fingerprint density at radius 2 is 2.10 bits per heavy atom. The van der Waals surface area contributed by atoms with Gasteiger partial charge in [-0.2, -0.15) is 0 Å². The number of nitro benzene ring substituents is 1. The fourth-order valence-corrected chi connectivity index (χ4v) is 2.38. The number of benzene rings is 1. The van der Waals surface area contributed by atoms with E-state index in [1.807, 2.05) is 0 Å². The van der Waals surface area contributed by atoms with Gasteiger partial charge in [-0.25, -0.2) is 4.79 Å². The number of nitrogens with zero attached hydrogens (tertiary/aromatic N) is 3. The summed E-state index contributed by atoms with van der Waals surface area (Å²) < 4.78 is 3.28. The Hall–Kier alpha value is -2.08. The van der Waals surface area contributed by atoms with Gasteiger partial charge in [0, 0.05) is 30.6 Å². The number of aromatic nitrogens is 2. The first kappa shape index (κ1) is 12.9. The molecule has 0 radical (unpaired) electrons. The fraction of sp³-hybridized carbons (Fsp3) is 0.308.